The number of carboxylic acid groups (broad SMARTS) is 1. The predicted octanol–water partition coefficient (Wildman–Crippen LogP) is 1.30. The summed E-state index contributed by atoms with van der Waals surface area (Å²) < 4.78 is 0. The summed E-state index contributed by atoms with van der Waals surface area (Å²) in [4.78, 5) is 27.7. The van der Waals surface area contributed by atoms with E-state index in [0.29, 0.717) is 6.07 Å². The number of carboxylic acids is 1. The Bertz CT molecular complexity index is 453. The Balaban J connectivity index is 0.000000557. The molecule has 0 saturated heterocycles. The number of rotatable bonds is 2. The Hall–Kier alpha value is -2.71. The average molecular weight is 244 g/mol. The van der Waals surface area contributed by atoms with Gasteiger partial charge in [-0.2, -0.15) is 0 Å². The zero-order valence-electron chi connectivity index (χ0n) is 8.56. The van der Waals surface area contributed by atoms with Crippen molar-refractivity contribution in [2.45, 2.75) is 6.92 Å². The van der Waals surface area contributed by atoms with E-state index in [9.17, 15) is 20.2 Å². The lowest BCUT2D eigenvalue weighted by molar-refractivity contribution is -0.394. The third kappa shape index (κ3) is 5.06. The second-order valence-corrected chi connectivity index (χ2v) is 2.71. The number of benzene rings is 1. The second kappa shape index (κ2) is 6.00. The van der Waals surface area contributed by atoms with Crippen molar-refractivity contribution in [3.05, 3.63) is 38.4 Å². The first kappa shape index (κ1) is 14.3. The van der Waals surface area contributed by atoms with Gasteiger partial charge in [0.1, 0.15) is 0 Å². The van der Waals surface area contributed by atoms with Gasteiger partial charge in [0.25, 0.3) is 11.7 Å². The molecule has 0 aliphatic rings. The molecular formula is C8H8N2O7. The first-order valence-corrected chi connectivity index (χ1v) is 4.07. The monoisotopic (exact) mass is 244 g/mol. The Kier molecular flexibility index (Phi) is 5.04. The number of aromatic hydroxyl groups is 1. The van der Waals surface area contributed by atoms with Gasteiger partial charge >= 0.3 is 5.69 Å². The van der Waals surface area contributed by atoms with E-state index >= 15 is 0 Å². The summed E-state index contributed by atoms with van der Waals surface area (Å²) in [5.74, 6) is -1.42. The first-order chi connectivity index (χ1) is 7.75. The second-order valence-electron chi connectivity index (χ2n) is 2.71. The molecule has 1 aromatic rings. The van der Waals surface area contributed by atoms with Crippen molar-refractivity contribution < 1.29 is 24.9 Å². The number of carbonyl (C=O) groups is 1. The van der Waals surface area contributed by atoms with E-state index in [1.807, 2.05) is 0 Å². The number of aliphatic carboxylic acids is 1. The van der Waals surface area contributed by atoms with Crippen LogP contribution in [0.25, 0.3) is 0 Å². The van der Waals surface area contributed by atoms with Crippen LogP contribution in [0.2, 0.25) is 0 Å². The van der Waals surface area contributed by atoms with Crippen LogP contribution < -0.4 is 0 Å². The number of hydrogen-bond acceptors (Lipinski definition) is 6. The summed E-state index contributed by atoms with van der Waals surface area (Å²) in [6.45, 7) is 1.08. The number of phenolic OH excluding ortho intramolecular Hbond substituents is 1. The lowest BCUT2D eigenvalue weighted by Crippen LogP contribution is -1.92. The Morgan fingerprint density at radius 1 is 1.24 bits per heavy atom. The van der Waals surface area contributed by atoms with Crippen LogP contribution in [-0.2, 0) is 4.79 Å². The third-order valence-corrected chi connectivity index (χ3v) is 1.37. The fraction of sp³-hybridized carbons (Fsp3) is 0.125. The molecule has 0 atom stereocenters. The quantitative estimate of drug-likeness (QED) is 0.589. The SMILES string of the molecule is CC(=O)O.O=[N+]([O-])c1ccc(O)c([N+](=O)[O-])c1. The molecule has 0 bridgehead atoms. The molecule has 0 aliphatic carbocycles. The molecule has 0 unspecified atom stereocenters. The van der Waals surface area contributed by atoms with Crippen LogP contribution in [0.3, 0.4) is 0 Å². The Morgan fingerprint density at radius 2 is 1.71 bits per heavy atom. The number of phenols is 1. The van der Waals surface area contributed by atoms with Crippen molar-refractivity contribution in [3.63, 3.8) is 0 Å². The minimum absolute atomic E-state index is 0.426. The zero-order valence-corrected chi connectivity index (χ0v) is 8.56. The molecule has 9 nitrogen and oxygen atoms in total. The van der Waals surface area contributed by atoms with E-state index in [1.54, 1.807) is 0 Å². The van der Waals surface area contributed by atoms with Crippen molar-refractivity contribution in [1.29, 1.82) is 0 Å². The highest BCUT2D eigenvalue weighted by Gasteiger charge is 2.18. The van der Waals surface area contributed by atoms with E-state index in [0.717, 1.165) is 19.1 Å². The lowest BCUT2D eigenvalue weighted by Gasteiger charge is -1.94. The summed E-state index contributed by atoms with van der Waals surface area (Å²) in [5.41, 5.74) is -1.10. The highest BCUT2D eigenvalue weighted by molar-refractivity contribution is 5.62. The van der Waals surface area contributed by atoms with Crippen LogP contribution in [0.1, 0.15) is 6.92 Å². The molecule has 0 aromatic heterocycles. The van der Waals surface area contributed by atoms with Gasteiger partial charge in [-0.1, -0.05) is 0 Å². The maximum atomic E-state index is 10.2. The van der Waals surface area contributed by atoms with Crippen LogP contribution in [0.5, 0.6) is 5.75 Å². The van der Waals surface area contributed by atoms with Gasteiger partial charge < -0.3 is 10.2 Å². The normalized spacial score (nSPS) is 8.76. The average Bonchev–Trinajstić information content (AvgIpc) is 2.16. The number of nitrogens with zero attached hydrogens (tertiary/aromatic N) is 2. The molecule has 0 fully saturated rings. The van der Waals surface area contributed by atoms with Crippen LogP contribution >= 0.6 is 0 Å². The van der Waals surface area contributed by atoms with E-state index < -0.39 is 32.9 Å². The Morgan fingerprint density at radius 3 is 2.06 bits per heavy atom. The molecule has 92 valence electrons. The molecule has 1 aromatic carbocycles. The highest BCUT2D eigenvalue weighted by atomic mass is 16.6. The van der Waals surface area contributed by atoms with Crippen LogP contribution in [0.15, 0.2) is 18.2 Å². The molecule has 17 heavy (non-hydrogen) atoms. The van der Waals surface area contributed by atoms with Crippen molar-refractivity contribution in [3.8, 4) is 5.75 Å². The topological polar surface area (TPSA) is 144 Å². The minimum atomic E-state index is -0.887. The predicted molar refractivity (Wildman–Crippen MR) is 54.7 cm³/mol. The molecule has 2 N–H and O–H groups in total. The lowest BCUT2D eigenvalue weighted by atomic mass is 10.2. The minimum Gasteiger partial charge on any atom is -0.502 e. The van der Waals surface area contributed by atoms with Crippen molar-refractivity contribution in [2.75, 3.05) is 0 Å². The molecule has 0 spiro atoms. The number of non-ortho nitro benzene ring substituents is 1. The molecule has 0 radical (unpaired) electrons. The van der Waals surface area contributed by atoms with Crippen LogP contribution in [0.4, 0.5) is 11.4 Å². The van der Waals surface area contributed by atoms with E-state index in [4.69, 9.17) is 15.0 Å². The van der Waals surface area contributed by atoms with E-state index in [2.05, 4.69) is 0 Å². The van der Waals surface area contributed by atoms with Gasteiger partial charge in [-0.25, -0.2) is 0 Å². The molecular weight excluding hydrogens is 236 g/mol. The van der Waals surface area contributed by atoms with Gasteiger partial charge in [-0.15, -0.1) is 0 Å². The van der Waals surface area contributed by atoms with Gasteiger partial charge in [0.05, 0.1) is 15.9 Å². The molecule has 0 saturated carbocycles. The summed E-state index contributed by atoms with van der Waals surface area (Å²) in [7, 11) is 0. The van der Waals surface area contributed by atoms with E-state index in [-0.39, 0.29) is 0 Å². The molecule has 0 aliphatic heterocycles. The maximum absolute atomic E-state index is 10.2. The fourth-order valence-corrected chi connectivity index (χ4v) is 0.772. The third-order valence-electron chi connectivity index (χ3n) is 1.37. The van der Waals surface area contributed by atoms with E-state index in [1.165, 1.54) is 0 Å². The Labute approximate surface area is 94.2 Å². The van der Waals surface area contributed by atoms with Gasteiger partial charge in [0, 0.05) is 13.0 Å². The number of nitro benzene ring substituents is 2. The maximum Gasteiger partial charge on any atom is 0.317 e. The summed E-state index contributed by atoms with van der Waals surface area (Å²) in [5, 5.41) is 36.7. The van der Waals surface area contributed by atoms with Gasteiger partial charge in [0.15, 0.2) is 5.75 Å². The fourth-order valence-electron chi connectivity index (χ4n) is 0.772. The first-order valence-electron chi connectivity index (χ1n) is 4.07. The summed E-state index contributed by atoms with van der Waals surface area (Å²) >= 11 is 0. The summed E-state index contributed by atoms with van der Waals surface area (Å²) in [6.07, 6.45) is 0. The standard InChI is InChI=1S/C6H4N2O5.C2H4O2/c9-6-2-1-4(7(10)11)3-5(6)8(12)13;1-2(3)4/h1-3,9H;1H3,(H,3,4). The van der Waals surface area contributed by atoms with Crippen LogP contribution in [-0.4, -0.2) is 26.0 Å². The smallest absolute Gasteiger partial charge is 0.317 e. The van der Waals surface area contributed by atoms with Crippen molar-refractivity contribution in [2.24, 2.45) is 0 Å². The molecule has 9 heteroatoms. The molecule has 0 amide bonds. The van der Waals surface area contributed by atoms with Crippen LogP contribution in [0, 0.1) is 20.2 Å². The van der Waals surface area contributed by atoms with Gasteiger partial charge in [0.2, 0.25) is 0 Å². The largest absolute Gasteiger partial charge is 0.502 e. The number of hydrogen-bond donors (Lipinski definition) is 2. The van der Waals surface area contributed by atoms with Crippen molar-refractivity contribution in [1.82, 2.24) is 0 Å². The molecule has 1 rings (SSSR count). The number of nitro groups is 2. The van der Waals surface area contributed by atoms with Crippen molar-refractivity contribution >= 4 is 17.3 Å². The van der Waals surface area contributed by atoms with Gasteiger partial charge in [-0.3, -0.25) is 25.0 Å². The van der Waals surface area contributed by atoms with Gasteiger partial charge in [-0.05, 0) is 6.07 Å². The molecule has 0 heterocycles. The highest BCUT2D eigenvalue weighted by Crippen LogP contribution is 2.29. The zero-order chi connectivity index (χ0) is 13.6. The summed E-state index contributed by atoms with van der Waals surface area (Å²) in [6, 6.07) is 2.61.